The molecule has 0 saturated heterocycles. The van der Waals surface area contributed by atoms with E-state index in [1.54, 1.807) is 6.07 Å². The van der Waals surface area contributed by atoms with Gasteiger partial charge in [-0.15, -0.1) is 0 Å². The van der Waals surface area contributed by atoms with Crippen molar-refractivity contribution in [1.29, 1.82) is 0 Å². The van der Waals surface area contributed by atoms with E-state index in [4.69, 9.17) is 11.6 Å². The lowest BCUT2D eigenvalue weighted by Gasteiger charge is -2.09. The summed E-state index contributed by atoms with van der Waals surface area (Å²) < 4.78 is 13.3. The zero-order valence-electron chi connectivity index (χ0n) is 10.5. The van der Waals surface area contributed by atoms with Crippen molar-refractivity contribution in [2.45, 2.75) is 6.54 Å². The van der Waals surface area contributed by atoms with Gasteiger partial charge in [0, 0.05) is 17.0 Å². The molecule has 5 heteroatoms. The third-order valence-corrected chi connectivity index (χ3v) is 3.37. The summed E-state index contributed by atoms with van der Waals surface area (Å²) in [5, 5.41) is 4.51. The number of hydrogen-bond acceptors (Lipinski definition) is 3. The van der Waals surface area contributed by atoms with Crippen LogP contribution >= 0.6 is 11.6 Å². The Bertz CT molecular complexity index is 761. The first-order chi connectivity index (χ1) is 9.74. The number of anilines is 1. The van der Waals surface area contributed by atoms with E-state index in [0.717, 1.165) is 5.56 Å². The molecule has 0 radical (unpaired) electrons. The Balaban J connectivity index is 1.91. The molecule has 3 aromatic rings. The number of nitrogens with zero attached hydrogens (tertiary/aromatic N) is 2. The molecule has 3 rings (SSSR count). The monoisotopic (exact) mass is 287 g/mol. The number of halogens is 2. The van der Waals surface area contributed by atoms with Crippen LogP contribution < -0.4 is 5.32 Å². The van der Waals surface area contributed by atoms with Crippen LogP contribution in [-0.2, 0) is 6.54 Å². The maximum Gasteiger partial charge on any atom is 0.137 e. The largest absolute Gasteiger partial charge is 0.365 e. The van der Waals surface area contributed by atoms with Crippen LogP contribution in [0.4, 0.5) is 10.2 Å². The fourth-order valence-corrected chi connectivity index (χ4v) is 2.19. The number of rotatable bonds is 3. The summed E-state index contributed by atoms with van der Waals surface area (Å²) >= 11 is 6.10. The van der Waals surface area contributed by atoms with Gasteiger partial charge < -0.3 is 5.32 Å². The first-order valence-corrected chi connectivity index (χ1v) is 6.49. The lowest BCUT2D eigenvalue weighted by Crippen LogP contribution is -2.03. The standard InChI is InChI=1S/C15H11ClFN3/c16-13-4-2-1-3-10(13)8-18-15-12-7-11(17)5-6-14(12)19-9-20-15/h1-7,9H,8H2,(H,18,19,20). The second-order valence-electron chi connectivity index (χ2n) is 4.33. The molecule has 3 nitrogen and oxygen atoms in total. The average molecular weight is 288 g/mol. The number of hydrogen-bond donors (Lipinski definition) is 1. The SMILES string of the molecule is Fc1ccc2ncnc(NCc3ccccc3Cl)c2c1. The molecular weight excluding hydrogens is 277 g/mol. The summed E-state index contributed by atoms with van der Waals surface area (Å²) in [6, 6.07) is 12.0. The topological polar surface area (TPSA) is 37.8 Å². The highest BCUT2D eigenvalue weighted by Crippen LogP contribution is 2.22. The number of nitrogens with one attached hydrogen (secondary N) is 1. The molecule has 20 heavy (non-hydrogen) atoms. The van der Waals surface area contributed by atoms with Gasteiger partial charge in [0.15, 0.2) is 0 Å². The molecule has 0 bridgehead atoms. The van der Waals surface area contributed by atoms with Crippen molar-refractivity contribution < 1.29 is 4.39 Å². The van der Waals surface area contributed by atoms with E-state index in [1.165, 1.54) is 18.5 Å². The van der Waals surface area contributed by atoms with E-state index in [0.29, 0.717) is 28.3 Å². The van der Waals surface area contributed by atoms with E-state index >= 15 is 0 Å². The summed E-state index contributed by atoms with van der Waals surface area (Å²) in [7, 11) is 0. The molecule has 0 aliphatic carbocycles. The van der Waals surface area contributed by atoms with Gasteiger partial charge in [0.1, 0.15) is 18.0 Å². The van der Waals surface area contributed by atoms with Gasteiger partial charge in [-0.05, 0) is 29.8 Å². The molecule has 0 fully saturated rings. The van der Waals surface area contributed by atoms with Crippen LogP contribution in [0.1, 0.15) is 5.56 Å². The van der Waals surface area contributed by atoms with Crippen molar-refractivity contribution >= 4 is 28.3 Å². The summed E-state index contributed by atoms with van der Waals surface area (Å²) in [5.41, 5.74) is 1.65. The van der Waals surface area contributed by atoms with Gasteiger partial charge in [-0.1, -0.05) is 29.8 Å². The normalized spacial score (nSPS) is 10.7. The van der Waals surface area contributed by atoms with Crippen LogP contribution in [0.15, 0.2) is 48.8 Å². The molecule has 0 aliphatic rings. The smallest absolute Gasteiger partial charge is 0.137 e. The van der Waals surface area contributed by atoms with Crippen LogP contribution in [-0.4, -0.2) is 9.97 Å². The Morgan fingerprint density at radius 2 is 1.95 bits per heavy atom. The maximum atomic E-state index is 13.3. The Morgan fingerprint density at radius 3 is 2.80 bits per heavy atom. The van der Waals surface area contributed by atoms with Gasteiger partial charge in [-0.3, -0.25) is 0 Å². The van der Waals surface area contributed by atoms with Gasteiger partial charge in [0.05, 0.1) is 5.52 Å². The van der Waals surface area contributed by atoms with Gasteiger partial charge in [-0.25, -0.2) is 14.4 Å². The first-order valence-electron chi connectivity index (χ1n) is 6.11. The van der Waals surface area contributed by atoms with Crippen LogP contribution in [0.3, 0.4) is 0 Å². The lowest BCUT2D eigenvalue weighted by atomic mass is 10.2. The van der Waals surface area contributed by atoms with Crippen molar-refractivity contribution in [2.75, 3.05) is 5.32 Å². The highest BCUT2D eigenvalue weighted by molar-refractivity contribution is 6.31. The predicted molar refractivity (Wildman–Crippen MR) is 78.3 cm³/mol. The molecule has 0 atom stereocenters. The van der Waals surface area contributed by atoms with Crippen LogP contribution in [0, 0.1) is 5.82 Å². The van der Waals surface area contributed by atoms with Crippen LogP contribution in [0.5, 0.6) is 0 Å². The maximum absolute atomic E-state index is 13.3. The zero-order chi connectivity index (χ0) is 13.9. The molecule has 1 aromatic heterocycles. The Kier molecular flexibility index (Phi) is 3.48. The molecule has 1 N–H and O–H groups in total. The minimum absolute atomic E-state index is 0.312. The fraction of sp³-hybridized carbons (Fsp3) is 0.0667. The van der Waals surface area contributed by atoms with Gasteiger partial charge in [-0.2, -0.15) is 0 Å². The first kappa shape index (κ1) is 12.8. The Labute approximate surface area is 120 Å². The molecular formula is C15H11ClFN3. The van der Waals surface area contributed by atoms with Gasteiger partial charge in [0.25, 0.3) is 0 Å². The average Bonchev–Trinajstić information content (AvgIpc) is 2.46. The van der Waals surface area contributed by atoms with E-state index in [9.17, 15) is 4.39 Å². The molecule has 0 amide bonds. The van der Waals surface area contributed by atoms with Crippen LogP contribution in [0.25, 0.3) is 10.9 Å². The zero-order valence-corrected chi connectivity index (χ0v) is 11.2. The third kappa shape index (κ3) is 2.56. The number of benzene rings is 2. The predicted octanol–water partition coefficient (Wildman–Crippen LogP) is 4.03. The molecule has 2 aromatic carbocycles. The highest BCUT2D eigenvalue weighted by Gasteiger charge is 2.05. The number of fused-ring (bicyclic) bond motifs is 1. The Hall–Kier alpha value is -2.20. The Morgan fingerprint density at radius 1 is 1.10 bits per heavy atom. The van der Waals surface area contributed by atoms with E-state index < -0.39 is 0 Å². The summed E-state index contributed by atoms with van der Waals surface area (Å²) in [4.78, 5) is 8.27. The summed E-state index contributed by atoms with van der Waals surface area (Å²) in [6.07, 6.45) is 1.45. The molecule has 100 valence electrons. The highest BCUT2D eigenvalue weighted by atomic mass is 35.5. The second-order valence-corrected chi connectivity index (χ2v) is 4.74. The van der Waals surface area contributed by atoms with Gasteiger partial charge in [0.2, 0.25) is 0 Å². The molecule has 0 spiro atoms. The van der Waals surface area contributed by atoms with Crippen molar-refractivity contribution in [3.63, 3.8) is 0 Å². The van der Waals surface area contributed by atoms with E-state index in [2.05, 4.69) is 15.3 Å². The third-order valence-electron chi connectivity index (χ3n) is 3.00. The van der Waals surface area contributed by atoms with Crippen molar-refractivity contribution in [2.24, 2.45) is 0 Å². The van der Waals surface area contributed by atoms with Crippen molar-refractivity contribution in [3.05, 3.63) is 65.2 Å². The van der Waals surface area contributed by atoms with Crippen LogP contribution in [0.2, 0.25) is 5.02 Å². The lowest BCUT2D eigenvalue weighted by molar-refractivity contribution is 0.629. The fourth-order valence-electron chi connectivity index (χ4n) is 1.99. The summed E-state index contributed by atoms with van der Waals surface area (Å²) in [5.74, 6) is 0.280. The molecule has 0 unspecified atom stereocenters. The molecule has 1 heterocycles. The summed E-state index contributed by atoms with van der Waals surface area (Å²) in [6.45, 7) is 0.516. The van der Waals surface area contributed by atoms with E-state index in [1.807, 2.05) is 24.3 Å². The molecule has 0 aliphatic heterocycles. The quantitative estimate of drug-likeness (QED) is 0.790. The number of aromatic nitrogens is 2. The van der Waals surface area contributed by atoms with E-state index in [-0.39, 0.29) is 5.82 Å². The minimum atomic E-state index is -0.312. The van der Waals surface area contributed by atoms with Crippen molar-refractivity contribution in [1.82, 2.24) is 9.97 Å². The minimum Gasteiger partial charge on any atom is -0.365 e. The van der Waals surface area contributed by atoms with Crippen molar-refractivity contribution in [3.8, 4) is 0 Å². The molecule has 0 saturated carbocycles. The second kappa shape index (κ2) is 5.43. The van der Waals surface area contributed by atoms with Gasteiger partial charge >= 0.3 is 0 Å².